The van der Waals surface area contributed by atoms with E-state index < -0.39 is 0 Å². The minimum atomic E-state index is -0.360. The van der Waals surface area contributed by atoms with Crippen LogP contribution in [0.3, 0.4) is 0 Å². The molecule has 0 aliphatic heterocycles. The van der Waals surface area contributed by atoms with E-state index >= 15 is 0 Å². The van der Waals surface area contributed by atoms with Crippen LogP contribution in [0.2, 0.25) is 0 Å². The first-order valence-corrected chi connectivity index (χ1v) is 11.8. The molecule has 0 atom stereocenters. The summed E-state index contributed by atoms with van der Waals surface area (Å²) < 4.78 is 15.9. The molecule has 0 radical (unpaired) electrons. The molecule has 0 fully saturated rings. The normalized spacial score (nSPS) is 10.5. The summed E-state index contributed by atoms with van der Waals surface area (Å²) in [6, 6.07) is 4.63. The number of carbonyl (C=O) groups is 3. The van der Waals surface area contributed by atoms with Crippen LogP contribution in [0.15, 0.2) is 18.2 Å². The molecule has 1 rings (SSSR count). The van der Waals surface area contributed by atoms with Crippen LogP contribution in [0.25, 0.3) is 0 Å². The van der Waals surface area contributed by atoms with Gasteiger partial charge in [0.1, 0.15) is 0 Å². The zero-order valence-corrected chi connectivity index (χ0v) is 20.3. The van der Waals surface area contributed by atoms with Crippen LogP contribution in [0, 0.1) is 0 Å². The number of amides is 3. The SMILES string of the molecule is NCCOCCOCCOCCNC(=O)c1cc(NC(=O)CBr)cc(NC(=O)CBr)c1. The Labute approximate surface area is 198 Å². The van der Waals surface area contributed by atoms with E-state index in [2.05, 4.69) is 47.8 Å². The number of nitrogens with two attached hydrogens (primary N) is 1. The van der Waals surface area contributed by atoms with Gasteiger partial charge in [-0.1, -0.05) is 31.9 Å². The second-order valence-corrected chi connectivity index (χ2v) is 7.17. The molecule has 0 saturated carbocycles. The monoisotopic (exact) mass is 566 g/mol. The van der Waals surface area contributed by atoms with Crippen molar-refractivity contribution < 1.29 is 28.6 Å². The molecule has 0 saturated heterocycles. The highest BCUT2D eigenvalue weighted by Crippen LogP contribution is 2.20. The van der Waals surface area contributed by atoms with E-state index in [-0.39, 0.29) is 33.9 Å². The Morgan fingerprint density at radius 2 is 1.26 bits per heavy atom. The number of carbonyl (C=O) groups excluding carboxylic acids is 3. The first kappa shape index (κ1) is 27.5. The first-order chi connectivity index (χ1) is 15.0. The van der Waals surface area contributed by atoms with E-state index in [4.69, 9.17) is 19.9 Å². The number of benzene rings is 1. The molecule has 12 heteroatoms. The summed E-state index contributed by atoms with van der Waals surface area (Å²) in [5.74, 6) is -0.921. The lowest BCUT2D eigenvalue weighted by molar-refractivity contribution is -0.114. The standard InChI is InChI=1S/C19H28Br2N4O6/c20-12-17(26)24-15-9-14(10-16(11-15)25-18(27)13-21)19(28)23-2-4-30-6-8-31-7-5-29-3-1-22/h9-11H,1-8,12-13,22H2,(H,23,28)(H,24,26)(H,25,27). The molecule has 1 aromatic carbocycles. The summed E-state index contributed by atoms with van der Waals surface area (Å²) in [6.45, 7) is 3.37. The van der Waals surface area contributed by atoms with Gasteiger partial charge in [0.2, 0.25) is 11.8 Å². The Balaban J connectivity index is 2.44. The zero-order chi connectivity index (χ0) is 22.9. The van der Waals surface area contributed by atoms with Crippen molar-refractivity contribution in [1.82, 2.24) is 5.32 Å². The van der Waals surface area contributed by atoms with E-state index in [1.165, 1.54) is 12.1 Å². The third-order valence-corrected chi connectivity index (χ3v) is 4.56. The molecular formula is C19H28Br2N4O6. The topological polar surface area (TPSA) is 141 Å². The van der Waals surface area contributed by atoms with Crippen LogP contribution < -0.4 is 21.7 Å². The number of hydrogen-bond donors (Lipinski definition) is 4. The van der Waals surface area contributed by atoms with Crippen LogP contribution >= 0.6 is 31.9 Å². The molecule has 0 aliphatic rings. The summed E-state index contributed by atoms with van der Waals surface area (Å²) in [6.07, 6.45) is 0. The predicted octanol–water partition coefficient (Wildman–Crippen LogP) is 1.09. The number of hydrogen-bond acceptors (Lipinski definition) is 7. The van der Waals surface area contributed by atoms with Crippen molar-refractivity contribution in [3.8, 4) is 0 Å². The van der Waals surface area contributed by atoms with Crippen molar-refractivity contribution in [2.45, 2.75) is 0 Å². The average molecular weight is 568 g/mol. The fourth-order valence-electron chi connectivity index (χ4n) is 2.26. The van der Waals surface area contributed by atoms with E-state index in [0.717, 1.165) is 0 Å². The third-order valence-electron chi connectivity index (χ3n) is 3.54. The minimum Gasteiger partial charge on any atom is -0.378 e. The van der Waals surface area contributed by atoms with Crippen LogP contribution in [-0.4, -0.2) is 81.1 Å². The summed E-state index contributed by atoms with van der Waals surface area (Å²) in [5.41, 5.74) is 6.39. The van der Waals surface area contributed by atoms with Gasteiger partial charge in [-0.05, 0) is 18.2 Å². The lowest BCUT2D eigenvalue weighted by Crippen LogP contribution is -2.28. The van der Waals surface area contributed by atoms with Crippen molar-refractivity contribution in [3.63, 3.8) is 0 Å². The fraction of sp³-hybridized carbons (Fsp3) is 0.526. The number of alkyl halides is 2. The first-order valence-electron chi connectivity index (χ1n) is 9.58. The van der Waals surface area contributed by atoms with E-state index in [1.807, 2.05) is 0 Å². The zero-order valence-electron chi connectivity index (χ0n) is 17.1. The van der Waals surface area contributed by atoms with Gasteiger partial charge < -0.3 is 35.9 Å². The Bertz CT molecular complexity index is 672. The van der Waals surface area contributed by atoms with Crippen molar-refractivity contribution in [1.29, 1.82) is 0 Å². The number of halogens is 2. The Kier molecular flexibility index (Phi) is 15.1. The maximum absolute atomic E-state index is 12.5. The molecular weight excluding hydrogens is 540 g/mol. The van der Waals surface area contributed by atoms with Crippen LogP contribution in [0.1, 0.15) is 10.4 Å². The second kappa shape index (κ2) is 17.0. The summed E-state index contributed by atoms with van der Waals surface area (Å²) in [4.78, 5) is 35.8. The average Bonchev–Trinajstić information content (AvgIpc) is 2.76. The molecule has 10 nitrogen and oxygen atoms in total. The molecule has 31 heavy (non-hydrogen) atoms. The van der Waals surface area contributed by atoms with Crippen LogP contribution in [0.5, 0.6) is 0 Å². The number of nitrogens with one attached hydrogen (secondary N) is 3. The van der Waals surface area contributed by atoms with E-state index in [0.29, 0.717) is 64.1 Å². The maximum Gasteiger partial charge on any atom is 0.251 e. The molecule has 0 heterocycles. The molecule has 0 aliphatic carbocycles. The van der Waals surface area contributed by atoms with Gasteiger partial charge in [0.05, 0.1) is 50.3 Å². The van der Waals surface area contributed by atoms with Gasteiger partial charge in [0, 0.05) is 30.0 Å². The molecule has 0 spiro atoms. The smallest absolute Gasteiger partial charge is 0.251 e. The second-order valence-electron chi connectivity index (χ2n) is 6.04. The van der Waals surface area contributed by atoms with E-state index in [1.54, 1.807) is 6.07 Å². The summed E-state index contributed by atoms with van der Waals surface area (Å²) in [5, 5.41) is 8.24. The lowest BCUT2D eigenvalue weighted by atomic mass is 10.1. The number of rotatable bonds is 16. The minimum absolute atomic E-state index is 0.105. The Morgan fingerprint density at radius 1 is 0.774 bits per heavy atom. The molecule has 1 aromatic rings. The highest BCUT2D eigenvalue weighted by Gasteiger charge is 2.11. The highest BCUT2D eigenvalue weighted by atomic mass is 79.9. The van der Waals surface area contributed by atoms with Crippen molar-refractivity contribution >= 4 is 61.0 Å². The van der Waals surface area contributed by atoms with Crippen molar-refractivity contribution in [2.75, 3.05) is 74.0 Å². The van der Waals surface area contributed by atoms with Gasteiger partial charge >= 0.3 is 0 Å². The van der Waals surface area contributed by atoms with Gasteiger partial charge in [-0.3, -0.25) is 14.4 Å². The van der Waals surface area contributed by atoms with Crippen LogP contribution in [0.4, 0.5) is 11.4 Å². The predicted molar refractivity (Wildman–Crippen MR) is 125 cm³/mol. The quantitative estimate of drug-likeness (QED) is 0.173. The van der Waals surface area contributed by atoms with Crippen LogP contribution in [-0.2, 0) is 23.8 Å². The molecule has 0 bridgehead atoms. The fourth-order valence-corrected chi connectivity index (χ4v) is 2.54. The van der Waals surface area contributed by atoms with Gasteiger partial charge in [0.25, 0.3) is 5.91 Å². The Hall–Kier alpha value is -1.57. The Morgan fingerprint density at radius 3 is 1.74 bits per heavy atom. The molecule has 174 valence electrons. The molecule has 0 unspecified atom stereocenters. The lowest BCUT2D eigenvalue weighted by Gasteiger charge is -2.12. The van der Waals surface area contributed by atoms with Crippen molar-refractivity contribution in [3.05, 3.63) is 23.8 Å². The molecule has 3 amide bonds. The van der Waals surface area contributed by atoms with Gasteiger partial charge in [-0.25, -0.2) is 0 Å². The summed E-state index contributed by atoms with van der Waals surface area (Å²) in [7, 11) is 0. The largest absolute Gasteiger partial charge is 0.378 e. The number of anilines is 2. The van der Waals surface area contributed by atoms with Crippen molar-refractivity contribution in [2.24, 2.45) is 5.73 Å². The van der Waals surface area contributed by atoms with Gasteiger partial charge in [0.15, 0.2) is 0 Å². The highest BCUT2D eigenvalue weighted by molar-refractivity contribution is 9.09. The number of ether oxygens (including phenoxy) is 3. The van der Waals surface area contributed by atoms with Gasteiger partial charge in [-0.2, -0.15) is 0 Å². The summed E-state index contributed by atoms with van der Waals surface area (Å²) >= 11 is 6.13. The molecule has 5 N–H and O–H groups in total. The van der Waals surface area contributed by atoms with E-state index in [9.17, 15) is 14.4 Å². The molecule has 0 aromatic heterocycles. The third kappa shape index (κ3) is 12.8. The van der Waals surface area contributed by atoms with Gasteiger partial charge in [-0.15, -0.1) is 0 Å². The maximum atomic E-state index is 12.5.